The summed E-state index contributed by atoms with van der Waals surface area (Å²) in [5.41, 5.74) is 1.27. The standard InChI is InChI=1S/C19H17F3N2O4/c1-27-19(26)24-8-7-11-5-6-12(20)9-15(11)16(24)17(25)23-13-3-2-4-14(10-13)28-18(21)22/h2-6,9-10,16,18H,7-8H2,1H3,(H,23,25)/t16-/m1/s1. The fourth-order valence-electron chi connectivity index (χ4n) is 3.14. The molecule has 1 aliphatic heterocycles. The number of hydrogen-bond acceptors (Lipinski definition) is 4. The van der Waals surface area contributed by atoms with E-state index in [-0.39, 0.29) is 18.0 Å². The van der Waals surface area contributed by atoms with Crippen molar-refractivity contribution < 1.29 is 32.2 Å². The quantitative estimate of drug-likeness (QED) is 0.858. The molecule has 0 unspecified atom stereocenters. The van der Waals surface area contributed by atoms with Gasteiger partial charge in [-0.1, -0.05) is 12.1 Å². The first-order valence-electron chi connectivity index (χ1n) is 8.37. The molecule has 3 rings (SSSR count). The number of halogens is 3. The smallest absolute Gasteiger partial charge is 0.410 e. The first-order chi connectivity index (χ1) is 13.4. The highest BCUT2D eigenvalue weighted by Crippen LogP contribution is 2.32. The Bertz CT molecular complexity index is 891. The van der Waals surface area contributed by atoms with Crippen molar-refractivity contribution in [3.63, 3.8) is 0 Å². The van der Waals surface area contributed by atoms with Crippen LogP contribution in [0, 0.1) is 5.82 Å². The number of nitrogens with zero attached hydrogens (tertiary/aromatic N) is 1. The second kappa shape index (κ2) is 8.20. The molecule has 0 radical (unpaired) electrons. The number of benzene rings is 2. The average molecular weight is 394 g/mol. The van der Waals surface area contributed by atoms with Gasteiger partial charge in [0.1, 0.15) is 17.6 Å². The number of ether oxygens (including phenoxy) is 2. The van der Waals surface area contributed by atoms with E-state index in [1.54, 1.807) is 6.07 Å². The molecular formula is C19H17F3N2O4. The van der Waals surface area contributed by atoms with Crippen molar-refractivity contribution in [1.82, 2.24) is 4.90 Å². The van der Waals surface area contributed by atoms with Crippen LogP contribution < -0.4 is 10.1 Å². The third kappa shape index (κ3) is 4.19. The van der Waals surface area contributed by atoms with Crippen molar-refractivity contribution in [2.75, 3.05) is 19.0 Å². The monoisotopic (exact) mass is 394 g/mol. The predicted octanol–water partition coefficient (Wildman–Crippen LogP) is 3.73. The van der Waals surface area contributed by atoms with Crippen molar-refractivity contribution in [2.24, 2.45) is 0 Å². The Morgan fingerprint density at radius 2 is 2.00 bits per heavy atom. The molecule has 6 nitrogen and oxygen atoms in total. The Hall–Kier alpha value is -3.23. The Morgan fingerprint density at radius 1 is 1.21 bits per heavy atom. The number of anilines is 1. The van der Waals surface area contributed by atoms with E-state index in [4.69, 9.17) is 4.74 Å². The second-order valence-corrected chi connectivity index (χ2v) is 6.05. The van der Waals surface area contributed by atoms with Gasteiger partial charge < -0.3 is 14.8 Å². The molecule has 1 heterocycles. The van der Waals surface area contributed by atoms with E-state index in [0.29, 0.717) is 12.0 Å². The Kier molecular flexibility index (Phi) is 5.72. The lowest BCUT2D eigenvalue weighted by atomic mass is 9.92. The first-order valence-corrected chi connectivity index (χ1v) is 8.37. The SMILES string of the molecule is COC(=O)N1CCc2ccc(F)cc2[C@@H]1C(=O)Nc1cccc(OC(F)F)c1. The van der Waals surface area contributed by atoms with Crippen LogP contribution in [-0.2, 0) is 16.0 Å². The van der Waals surface area contributed by atoms with Crippen LogP contribution >= 0.6 is 0 Å². The van der Waals surface area contributed by atoms with Gasteiger partial charge in [0.25, 0.3) is 5.91 Å². The molecule has 0 bridgehead atoms. The maximum absolute atomic E-state index is 13.8. The van der Waals surface area contributed by atoms with Crippen molar-refractivity contribution in [1.29, 1.82) is 0 Å². The largest absolute Gasteiger partial charge is 0.453 e. The topological polar surface area (TPSA) is 67.9 Å². The molecule has 0 saturated heterocycles. The first kappa shape index (κ1) is 19.5. The Labute approximate surface area is 158 Å². The number of hydrogen-bond donors (Lipinski definition) is 1. The van der Waals surface area contributed by atoms with Crippen LogP contribution in [0.4, 0.5) is 23.7 Å². The van der Waals surface area contributed by atoms with Gasteiger partial charge in [-0.3, -0.25) is 9.69 Å². The highest BCUT2D eigenvalue weighted by atomic mass is 19.3. The zero-order valence-corrected chi connectivity index (χ0v) is 14.8. The third-order valence-corrected chi connectivity index (χ3v) is 4.32. The van der Waals surface area contributed by atoms with Crippen molar-refractivity contribution in [3.05, 3.63) is 59.4 Å². The van der Waals surface area contributed by atoms with Gasteiger partial charge in [0.05, 0.1) is 7.11 Å². The highest BCUT2D eigenvalue weighted by Gasteiger charge is 2.37. The van der Waals surface area contributed by atoms with Crippen molar-refractivity contribution in [2.45, 2.75) is 19.1 Å². The van der Waals surface area contributed by atoms with E-state index in [2.05, 4.69) is 10.1 Å². The lowest BCUT2D eigenvalue weighted by molar-refractivity contribution is -0.121. The minimum Gasteiger partial charge on any atom is -0.453 e. The van der Waals surface area contributed by atoms with Gasteiger partial charge in [0, 0.05) is 18.3 Å². The molecule has 28 heavy (non-hydrogen) atoms. The summed E-state index contributed by atoms with van der Waals surface area (Å²) in [4.78, 5) is 26.3. The van der Waals surface area contributed by atoms with Crippen molar-refractivity contribution >= 4 is 17.7 Å². The van der Waals surface area contributed by atoms with E-state index in [1.807, 2.05) is 0 Å². The molecule has 148 valence electrons. The summed E-state index contributed by atoms with van der Waals surface area (Å²) in [6, 6.07) is 8.37. The minimum atomic E-state index is -3.01. The van der Waals surface area contributed by atoms with E-state index in [0.717, 1.165) is 5.56 Å². The number of fused-ring (bicyclic) bond motifs is 1. The van der Waals surface area contributed by atoms with Gasteiger partial charge in [0.15, 0.2) is 0 Å². The van der Waals surface area contributed by atoms with Crippen molar-refractivity contribution in [3.8, 4) is 5.75 Å². The van der Waals surface area contributed by atoms with Crippen LogP contribution in [-0.4, -0.2) is 37.2 Å². The molecular weight excluding hydrogens is 377 g/mol. The van der Waals surface area contributed by atoms with Crippen LogP contribution in [0.2, 0.25) is 0 Å². The molecule has 0 fully saturated rings. The Balaban J connectivity index is 1.91. The zero-order chi connectivity index (χ0) is 20.3. The van der Waals surface area contributed by atoms with Gasteiger partial charge in [0.2, 0.25) is 0 Å². The minimum absolute atomic E-state index is 0.132. The van der Waals surface area contributed by atoms with Crippen LogP contribution in [0.1, 0.15) is 17.2 Å². The number of carbonyl (C=O) groups is 2. The second-order valence-electron chi connectivity index (χ2n) is 6.05. The fourth-order valence-corrected chi connectivity index (χ4v) is 3.14. The number of amides is 2. The average Bonchev–Trinajstić information content (AvgIpc) is 2.66. The van der Waals surface area contributed by atoms with Crippen LogP contribution in [0.25, 0.3) is 0 Å². The zero-order valence-electron chi connectivity index (χ0n) is 14.8. The summed E-state index contributed by atoms with van der Waals surface area (Å²) in [6.45, 7) is -2.80. The number of alkyl halides is 2. The number of rotatable bonds is 4. The summed E-state index contributed by atoms with van der Waals surface area (Å²) >= 11 is 0. The van der Waals surface area contributed by atoms with Gasteiger partial charge in [-0.15, -0.1) is 0 Å². The molecule has 2 amide bonds. The molecule has 1 N–H and O–H groups in total. The molecule has 1 atom stereocenters. The summed E-state index contributed by atoms with van der Waals surface area (Å²) in [7, 11) is 1.18. The molecule has 0 aliphatic carbocycles. The molecule has 0 spiro atoms. The molecule has 0 saturated carbocycles. The predicted molar refractivity (Wildman–Crippen MR) is 93.7 cm³/mol. The van der Waals surface area contributed by atoms with E-state index in [1.165, 1.54) is 48.4 Å². The van der Waals surface area contributed by atoms with E-state index in [9.17, 15) is 22.8 Å². The number of nitrogens with one attached hydrogen (secondary N) is 1. The normalized spacial score (nSPS) is 15.8. The van der Waals surface area contributed by atoms with Gasteiger partial charge in [-0.2, -0.15) is 8.78 Å². The summed E-state index contributed by atoms with van der Waals surface area (Å²) in [5.74, 6) is -1.31. The van der Waals surface area contributed by atoms with E-state index >= 15 is 0 Å². The number of methoxy groups -OCH3 is 1. The maximum Gasteiger partial charge on any atom is 0.410 e. The molecule has 9 heteroatoms. The lowest BCUT2D eigenvalue weighted by Crippen LogP contribution is -2.45. The Morgan fingerprint density at radius 3 is 2.71 bits per heavy atom. The van der Waals surface area contributed by atoms with E-state index < -0.39 is 30.5 Å². The molecule has 0 aromatic heterocycles. The maximum atomic E-state index is 13.8. The fraction of sp³-hybridized carbons (Fsp3) is 0.263. The summed E-state index contributed by atoms with van der Waals surface area (Å²) in [6.07, 6.45) is -0.295. The lowest BCUT2D eigenvalue weighted by Gasteiger charge is -2.35. The van der Waals surface area contributed by atoms with Crippen LogP contribution in [0.3, 0.4) is 0 Å². The van der Waals surface area contributed by atoms with Gasteiger partial charge >= 0.3 is 12.7 Å². The third-order valence-electron chi connectivity index (χ3n) is 4.32. The highest BCUT2D eigenvalue weighted by molar-refractivity contribution is 5.97. The molecule has 2 aromatic rings. The van der Waals surface area contributed by atoms with Crippen LogP contribution in [0.5, 0.6) is 5.75 Å². The van der Waals surface area contributed by atoms with Gasteiger partial charge in [-0.05, 0) is 41.8 Å². The molecule has 2 aromatic carbocycles. The van der Waals surface area contributed by atoms with Gasteiger partial charge in [-0.25, -0.2) is 9.18 Å². The summed E-state index contributed by atoms with van der Waals surface area (Å²) < 4.78 is 47.6. The molecule has 1 aliphatic rings. The summed E-state index contributed by atoms with van der Waals surface area (Å²) in [5, 5.41) is 2.56. The number of carbonyl (C=O) groups excluding carboxylic acids is 2. The van der Waals surface area contributed by atoms with Crippen LogP contribution in [0.15, 0.2) is 42.5 Å².